The van der Waals surface area contributed by atoms with Crippen molar-refractivity contribution in [2.24, 2.45) is 0 Å². The van der Waals surface area contributed by atoms with Crippen LogP contribution in [0.15, 0.2) is 24.3 Å². The molecule has 0 unspecified atom stereocenters. The molecule has 0 fully saturated rings. The minimum Gasteiger partial charge on any atom is -0.508 e. The van der Waals surface area contributed by atoms with Gasteiger partial charge in [-0.15, -0.1) is 0 Å². The Morgan fingerprint density at radius 1 is 1.20 bits per heavy atom. The van der Waals surface area contributed by atoms with Crippen molar-refractivity contribution in [2.45, 2.75) is 39.0 Å². The highest BCUT2D eigenvalue weighted by atomic mass is 16.3. The Morgan fingerprint density at radius 3 is 2.47 bits per heavy atom. The SMILES string of the molecule is CCCCCC(=O)Cc1ccc(O)cc1. The molecule has 0 atom stereocenters. The van der Waals surface area contributed by atoms with Crippen molar-refractivity contribution in [3.63, 3.8) is 0 Å². The van der Waals surface area contributed by atoms with Gasteiger partial charge in [-0.1, -0.05) is 31.9 Å². The number of carbonyl (C=O) groups is 1. The van der Waals surface area contributed by atoms with Gasteiger partial charge < -0.3 is 5.11 Å². The first-order chi connectivity index (χ1) is 7.22. The van der Waals surface area contributed by atoms with Crippen molar-refractivity contribution >= 4 is 5.78 Å². The summed E-state index contributed by atoms with van der Waals surface area (Å²) < 4.78 is 0. The fourth-order valence-corrected chi connectivity index (χ4v) is 1.50. The Morgan fingerprint density at radius 2 is 1.87 bits per heavy atom. The second-order valence-electron chi connectivity index (χ2n) is 3.84. The van der Waals surface area contributed by atoms with Gasteiger partial charge in [0.05, 0.1) is 0 Å². The van der Waals surface area contributed by atoms with Gasteiger partial charge in [-0.2, -0.15) is 0 Å². The van der Waals surface area contributed by atoms with Crippen LogP contribution < -0.4 is 0 Å². The zero-order chi connectivity index (χ0) is 11.1. The molecule has 0 heterocycles. The number of ketones is 1. The Kier molecular flexibility index (Phi) is 4.88. The largest absolute Gasteiger partial charge is 0.508 e. The quantitative estimate of drug-likeness (QED) is 0.726. The van der Waals surface area contributed by atoms with E-state index in [1.54, 1.807) is 24.3 Å². The molecule has 0 aliphatic heterocycles. The average Bonchev–Trinajstić information content (AvgIpc) is 2.22. The van der Waals surface area contributed by atoms with Crippen molar-refractivity contribution in [1.29, 1.82) is 0 Å². The normalized spacial score (nSPS) is 10.2. The second-order valence-corrected chi connectivity index (χ2v) is 3.84. The van der Waals surface area contributed by atoms with Crippen LogP contribution in [0.1, 0.15) is 38.2 Å². The number of rotatable bonds is 6. The van der Waals surface area contributed by atoms with Gasteiger partial charge in [-0.05, 0) is 24.1 Å². The van der Waals surface area contributed by atoms with Gasteiger partial charge >= 0.3 is 0 Å². The Labute approximate surface area is 90.9 Å². The summed E-state index contributed by atoms with van der Waals surface area (Å²) in [5.74, 6) is 0.534. The van der Waals surface area contributed by atoms with E-state index in [0.29, 0.717) is 12.8 Å². The fourth-order valence-electron chi connectivity index (χ4n) is 1.50. The number of phenols is 1. The van der Waals surface area contributed by atoms with Crippen LogP contribution in [-0.2, 0) is 11.2 Å². The number of hydrogen-bond donors (Lipinski definition) is 1. The highest BCUT2D eigenvalue weighted by Gasteiger charge is 2.03. The molecule has 0 saturated carbocycles. The van der Waals surface area contributed by atoms with Gasteiger partial charge in [0.15, 0.2) is 0 Å². The minimum atomic E-state index is 0.247. The third kappa shape index (κ3) is 4.63. The fraction of sp³-hybridized carbons (Fsp3) is 0.462. The summed E-state index contributed by atoms with van der Waals surface area (Å²) in [6, 6.07) is 6.84. The molecule has 1 rings (SSSR count). The highest BCUT2D eigenvalue weighted by Crippen LogP contribution is 2.11. The smallest absolute Gasteiger partial charge is 0.137 e. The molecule has 0 aromatic heterocycles. The molecule has 82 valence electrons. The van der Waals surface area contributed by atoms with Crippen LogP contribution >= 0.6 is 0 Å². The van der Waals surface area contributed by atoms with E-state index in [-0.39, 0.29) is 11.5 Å². The zero-order valence-electron chi connectivity index (χ0n) is 9.20. The maximum Gasteiger partial charge on any atom is 0.137 e. The lowest BCUT2D eigenvalue weighted by Crippen LogP contribution is -2.02. The summed E-state index contributed by atoms with van der Waals surface area (Å²) in [7, 11) is 0. The molecule has 0 saturated heterocycles. The van der Waals surface area contributed by atoms with E-state index >= 15 is 0 Å². The number of phenolic OH excluding ortho intramolecular Hbond substituents is 1. The molecule has 1 N–H and O–H groups in total. The van der Waals surface area contributed by atoms with Crippen LogP contribution in [0, 0.1) is 0 Å². The number of Topliss-reactive ketones (excluding diaryl/α,β-unsaturated/α-hetero) is 1. The van der Waals surface area contributed by atoms with Gasteiger partial charge in [0.2, 0.25) is 0 Å². The van der Waals surface area contributed by atoms with Crippen molar-refractivity contribution < 1.29 is 9.90 Å². The molecule has 1 aromatic carbocycles. The van der Waals surface area contributed by atoms with E-state index < -0.39 is 0 Å². The number of aromatic hydroxyl groups is 1. The minimum absolute atomic E-state index is 0.247. The van der Waals surface area contributed by atoms with Gasteiger partial charge in [0.25, 0.3) is 0 Å². The van der Waals surface area contributed by atoms with Gasteiger partial charge in [-0.3, -0.25) is 4.79 Å². The zero-order valence-corrected chi connectivity index (χ0v) is 9.20. The number of unbranched alkanes of at least 4 members (excludes halogenated alkanes) is 2. The monoisotopic (exact) mass is 206 g/mol. The molecule has 15 heavy (non-hydrogen) atoms. The van der Waals surface area contributed by atoms with Crippen molar-refractivity contribution in [2.75, 3.05) is 0 Å². The van der Waals surface area contributed by atoms with E-state index in [1.807, 2.05) is 0 Å². The van der Waals surface area contributed by atoms with Crippen molar-refractivity contribution in [1.82, 2.24) is 0 Å². The summed E-state index contributed by atoms with van der Waals surface area (Å²) in [6.45, 7) is 2.13. The van der Waals surface area contributed by atoms with E-state index in [0.717, 1.165) is 24.8 Å². The molecule has 2 nitrogen and oxygen atoms in total. The summed E-state index contributed by atoms with van der Waals surface area (Å²) >= 11 is 0. The summed E-state index contributed by atoms with van der Waals surface area (Å²) in [6.07, 6.45) is 4.43. The van der Waals surface area contributed by atoms with Gasteiger partial charge in [0, 0.05) is 12.8 Å². The lowest BCUT2D eigenvalue weighted by atomic mass is 10.0. The maximum absolute atomic E-state index is 11.5. The first kappa shape index (κ1) is 11.8. The lowest BCUT2D eigenvalue weighted by Gasteiger charge is -2.01. The molecule has 0 amide bonds. The molecule has 0 radical (unpaired) electrons. The van der Waals surface area contributed by atoms with Crippen LogP contribution in [-0.4, -0.2) is 10.9 Å². The lowest BCUT2D eigenvalue weighted by molar-refractivity contribution is -0.118. The summed E-state index contributed by atoms with van der Waals surface area (Å²) in [5.41, 5.74) is 0.981. The van der Waals surface area contributed by atoms with Gasteiger partial charge in [-0.25, -0.2) is 0 Å². The van der Waals surface area contributed by atoms with Crippen LogP contribution in [0.5, 0.6) is 5.75 Å². The van der Waals surface area contributed by atoms with Crippen LogP contribution in [0.3, 0.4) is 0 Å². The topological polar surface area (TPSA) is 37.3 Å². The molecular formula is C13H18O2. The van der Waals surface area contributed by atoms with Crippen molar-refractivity contribution in [3.8, 4) is 5.75 Å². The summed E-state index contributed by atoms with van der Waals surface area (Å²) in [4.78, 5) is 11.5. The number of carbonyl (C=O) groups excluding carboxylic acids is 1. The van der Waals surface area contributed by atoms with Crippen LogP contribution in [0.2, 0.25) is 0 Å². The van der Waals surface area contributed by atoms with Crippen LogP contribution in [0.25, 0.3) is 0 Å². The third-order valence-electron chi connectivity index (χ3n) is 2.40. The number of benzene rings is 1. The van der Waals surface area contributed by atoms with Crippen molar-refractivity contribution in [3.05, 3.63) is 29.8 Å². The molecule has 0 spiro atoms. The Balaban J connectivity index is 2.34. The van der Waals surface area contributed by atoms with E-state index in [2.05, 4.69) is 6.92 Å². The first-order valence-corrected chi connectivity index (χ1v) is 5.52. The molecule has 0 aliphatic carbocycles. The average molecular weight is 206 g/mol. The van der Waals surface area contributed by atoms with Crippen LogP contribution in [0.4, 0.5) is 0 Å². The third-order valence-corrected chi connectivity index (χ3v) is 2.40. The molecule has 0 bridgehead atoms. The second kappa shape index (κ2) is 6.23. The Hall–Kier alpha value is -1.31. The maximum atomic E-state index is 11.5. The van der Waals surface area contributed by atoms with E-state index in [9.17, 15) is 4.79 Å². The standard InChI is InChI=1S/C13H18O2/c1-2-3-4-5-13(15)10-11-6-8-12(14)9-7-11/h6-9,14H,2-5,10H2,1H3. The van der Waals surface area contributed by atoms with Gasteiger partial charge in [0.1, 0.15) is 11.5 Å². The molecule has 2 heteroatoms. The highest BCUT2D eigenvalue weighted by molar-refractivity contribution is 5.80. The Bertz CT molecular complexity index is 301. The molecular weight excluding hydrogens is 188 g/mol. The number of hydrogen-bond acceptors (Lipinski definition) is 2. The summed E-state index contributed by atoms with van der Waals surface area (Å²) in [5, 5.41) is 9.08. The predicted octanol–water partition coefficient (Wildman–Crippen LogP) is 3.08. The predicted molar refractivity (Wildman–Crippen MR) is 61.0 cm³/mol. The first-order valence-electron chi connectivity index (χ1n) is 5.52. The molecule has 1 aromatic rings. The van der Waals surface area contributed by atoms with E-state index in [4.69, 9.17) is 5.11 Å². The molecule has 0 aliphatic rings. The van der Waals surface area contributed by atoms with E-state index in [1.165, 1.54) is 0 Å².